The van der Waals surface area contributed by atoms with E-state index in [-0.39, 0.29) is 5.41 Å². The van der Waals surface area contributed by atoms with E-state index in [0.717, 1.165) is 49.1 Å². The minimum Gasteiger partial charge on any atom is -0.353 e. The summed E-state index contributed by atoms with van der Waals surface area (Å²) < 4.78 is 0. The second kappa shape index (κ2) is 6.87. The van der Waals surface area contributed by atoms with Crippen LogP contribution in [-0.4, -0.2) is 46.1 Å². The van der Waals surface area contributed by atoms with Gasteiger partial charge in [-0.25, -0.2) is 19.9 Å². The van der Waals surface area contributed by atoms with Crippen molar-refractivity contribution >= 4 is 11.8 Å². The Labute approximate surface area is 154 Å². The Morgan fingerprint density at radius 2 is 1.65 bits per heavy atom. The molecule has 136 valence electrons. The van der Waals surface area contributed by atoms with Crippen LogP contribution in [0.4, 0.5) is 11.8 Å². The molecule has 2 aromatic rings. The zero-order valence-corrected chi connectivity index (χ0v) is 16.1. The number of hydrogen-bond acceptors (Lipinski definition) is 7. The molecule has 1 aliphatic heterocycles. The van der Waals surface area contributed by atoms with Gasteiger partial charge >= 0.3 is 0 Å². The fourth-order valence-electron chi connectivity index (χ4n) is 2.94. The molecule has 0 aromatic carbocycles. The molecule has 7 heteroatoms. The first-order chi connectivity index (χ1) is 12.3. The number of anilines is 2. The highest BCUT2D eigenvalue weighted by molar-refractivity contribution is 5.50. The molecular formula is C19H25N7. The summed E-state index contributed by atoms with van der Waals surface area (Å²) >= 11 is 0. The van der Waals surface area contributed by atoms with E-state index in [0.29, 0.717) is 11.6 Å². The highest BCUT2D eigenvalue weighted by atomic mass is 15.3. The molecule has 1 aliphatic rings. The second-order valence-electron chi connectivity index (χ2n) is 7.66. The van der Waals surface area contributed by atoms with E-state index in [1.807, 2.05) is 6.92 Å². The van der Waals surface area contributed by atoms with Crippen LogP contribution in [0, 0.1) is 25.2 Å². The number of aryl methyl sites for hydroxylation is 1. The lowest BCUT2D eigenvalue weighted by atomic mass is 9.95. The quantitative estimate of drug-likeness (QED) is 0.821. The Morgan fingerprint density at radius 1 is 1.00 bits per heavy atom. The highest BCUT2D eigenvalue weighted by Gasteiger charge is 2.25. The van der Waals surface area contributed by atoms with Crippen LogP contribution >= 0.6 is 0 Å². The molecule has 0 amide bonds. The van der Waals surface area contributed by atoms with Crippen molar-refractivity contribution in [1.29, 1.82) is 5.26 Å². The van der Waals surface area contributed by atoms with Crippen molar-refractivity contribution in [2.24, 2.45) is 0 Å². The summed E-state index contributed by atoms with van der Waals surface area (Å²) in [6.07, 6.45) is 1.64. The summed E-state index contributed by atoms with van der Waals surface area (Å²) in [4.78, 5) is 22.6. The van der Waals surface area contributed by atoms with Gasteiger partial charge in [0.15, 0.2) is 0 Å². The van der Waals surface area contributed by atoms with Gasteiger partial charge in [0.05, 0.1) is 0 Å². The van der Waals surface area contributed by atoms with Crippen LogP contribution in [0.3, 0.4) is 0 Å². The third kappa shape index (κ3) is 3.59. The molecule has 1 saturated heterocycles. The molecule has 2 aromatic heterocycles. The molecule has 7 nitrogen and oxygen atoms in total. The summed E-state index contributed by atoms with van der Waals surface area (Å²) in [7, 11) is 0. The lowest BCUT2D eigenvalue weighted by molar-refractivity contribution is 0.538. The van der Waals surface area contributed by atoms with Crippen molar-refractivity contribution in [3.63, 3.8) is 0 Å². The van der Waals surface area contributed by atoms with Gasteiger partial charge in [-0.05, 0) is 19.9 Å². The smallest absolute Gasteiger partial charge is 0.226 e. The van der Waals surface area contributed by atoms with Crippen molar-refractivity contribution in [3.8, 4) is 6.07 Å². The van der Waals surface area contributed by atoms with E-state index in [1.54, 1.807) is 12.3 Å². The predicted molar refractivity (Wildman–Crippen MR) is 101 cm³/mol. The van der Waals surface area contributed by atoms with Crippen LogP contribution in [0.5, 0.6) is 0 Å². The second-order valence-corrected chi connectivity index (χ2v) is 7.66. The minimum atomic E-state index is -0.0827. The number of rotatable bonds is 2. The Morgan fingerprint density at radius 3 is 2.27 bits per heavy atom. The van der Waals surface area contributed by atoms with E-state index in [4.69, 9.17) is 10.2 Å². The van der Waals surface area contributed by atoms with Crippen molar-refractivity contribution in [1.82, 2.24) is 19.9 Å². The summed E-state index contributed by atoms with van der Waals surface area (Å²) in [5.74, 6) is 2.52. The SMILES string of the molecule is Cc1nc(C(C)(C)C)nc(N2CCN(c3nccc(C#N)n3)CC2)c1C. The van der Waals surface area contributed by atoms with Gasteiger partial charge in [-0.3, -0.25) is 0 Å². The molecule has 0 spiro atoms. The molecule has 1 fully saturated rings. The normalized spacial score (nSPS) is 15.1. The largest absolute Gasteiger partial charge is 0.353 e. The Kier molecular flexibility index (Phi) is 4.77. The Hall–Kier alpha value is -2.75. The Bertz CT molecular complexity index is 840. The summed E-state index contributed by atoms with van der Waals surface area (Å²) in [6.45, 7) is 13.8. The van der Waals surface area contributed by atoms with Gasteiger partial charge in [0.25, 0.3) is 0 Å². The van der Waals surface area contributed by atoms with Gasteiger partial charge in [0, 0.05) is 49.0 Å². The monoisotopic (exact) mass is 351 g/mol. The first-order valence-corrected chi connectivity index (χ1v) is 8.88. The molecule has 0 saturated carbocycles. The van der Waals surface area contributed by atoms with Gasteiger partial charge in [0.2, 0.25) is 5.95 Å². The van der Waals surface area contributed by atoms with Crippen molar-refractivity contribution in [2.75, 3.05) is 36.0 Å². The third-order valence-corrected chi connectivity index (χ3v) is 4.65. The van der Waals surface area contributed by atoms with Gasteiger partial charge in [-0.2, -0.15) is 5.26 Å². The maximum absolute atomic E-state index is 9.02. The zero-order chi connectivity index (χ0) is 18.9. The zero-order valence-electron chi connectivity index (χ0n) is 16.1. The van der Waals surface area contributed by atoms with E-state index >= 15 is 0 Å². The Balaban J connectivity index is 1.80. The van der Waals surface area contributed by atoms with Crippen LogP contribution in [0.1, 0.15) is 43.5 Å². The highest BCUT2D eigenvalue weighted by Crippen LogP contribution is 2.26. The first-order valence-electron chi connectivity index (χ1n) is 8.88. The summed E-state index contributed by atoms with van der Waals surface area (Å²) in [5.41, 5.74) is 2.48. The lowest BCUT2D eigenvalue weighted by Gasteiger charge is -2.36. The summed E-state index contributed by atoms with van der Waals surface area (Å²) in [6, 6.07) is 3.70. The minimum absolute atomic E-state index is 0.0827. The van der Waals surface area contributed by atoms with Crippen molar-refractivity contribution in [3.05, 3.63) is 35.0 Å². The van der Waals surface area contributed by atoms with E-state index in [9.17, 15) is 0 Å². The molecule has 0 aliphatic carbocycles. The number of hydrogen-bond donors (Lipinski definition) is 0. The number of nitrogens with zero attached hydrogens (tertiary/aromatic N) is 7. The number of aromatic nitrogens is 4. The fraction of sp³-hybridized carbons (Fsp3) is 0.526. The third-order valence-electron chi connectivity index (χ3n) is 4.65. The average Bonchev–Trinajstić information content (AvgIpc) is 2.63. The van der Waals surface area contributed by atoms with E-state index < -0.39 is 0 Å². The van der Waals surface area contributed by atoms with E-state index in [2.05, 4.69) is 58.5 Å². The first kappa shape index (κ1) is 18.1. The van der Waals surface area contributed by atoms with Crippen molar-refractivity contribution in [2.45, 2.75) is 40.0 Å². The van der Waals surface area contributed by atoms with Crippen LogP contribution in [0.2, 0.25) is 0 Å². The molecule has 3 rings (SSSR count). The molecule has 0 radical (unpaired) electrons. The van der Waals surface area contributed by atoms with Crippen LogP contribution in [0.15, 0.2) is 12.3 Å². The molecular weight excluding hydrogens is 326 g/mol. The molecule has 3 heterocycles. The fourth-order valence-corrected chi connectivity index (χ4v) is 2.94. The van der Waals surface area contributed by atoms with Gasteiger partial charge in [0.1, 0.15) is 23.4 Å². The number of piperazine rings is 1. The summed E-state index contributed by atoms with van der Waals surface area (Å²) in [5, 5.41) is 9.02. The molecule has 0 unspecified atom stereocenters. The van der Waals surface area contributed by atoms with Gasteiger partial charge in [-0.1, -0.05) is 20.8 Å². The van der Waals surface area contributed by atoms with Crippen LogP contribution in [-0.2, 0) is 5.41 Å². The van der Waals surface area contributed by atoms with Gasteiger partial charge < -0.3 is 9.80 Å². The standard InChI is InChI=1S/C19H25N7/c1-13-14(2)22-17(19(3,4)5)24-16(13)25-8-10-26(11-9-25)18-21-7-6-15(12-20)23-18/h6-7H,8-11H2,1-5H3. The molecule has 0 bridgehead atoms. The maximum Gasteiger partial charge on any atom is 0.226 e. The number of nitriles is 1. The van der Waals surface area contributed by atoms with E-state index in [1.165, 1.54) is 0 Å². The maximum atomic E-state index is 9.02. The molecule has 0 atom stereocenters. The van der Waals surface area contributed by atoms with Crippen molar-refractivity contribution < 1.29 is 0 Å². The predicted octanol–water partition coefficient (Wildman–Crippen LogP) is 2.38. The molecule has 0 N–H and O–H groups in total. The molecule has 26 heavy (non-hydrogen) atoms. The van der Waals surface area contributed by atoms with Crippen LogP contribution < -0.4 is 9.80 Å². The van der Waals surface area contributed by atoms with Gasteiger partial charge in [-0.15, -0.1) is 0 Å². The topological polar surface area (TPSA) is 81.8 Å². The van der Waals surface area contributed by atoms with Crippen LogP contribution in [0.25, 0.3) is 0 Å². The average molecular weight is 351 g/mol. The lowest BCUT2D eigenvalue weighted by Crippen LogP contribution is -2.48.